The first kappa shape index (κ1) is 32.2. The summed E-state index contributed by atoms with van der Waals surface area (Å²) in [6.07, 6.45) is 1.65. The number of sulfonamides is 1. The van der Waals surface area contributed by atoms with Crippen molar-refractivity contribution < 1.29 is 22.7 Å². The Morgan fingerprint density at radius 2 is 1.56 bits per heavy atom. The van der Waals surface area contributed by atoms with Crippen molar-refractivity contribution in [2.75, 3.05) is 5.32 Å². The van der Waals surface area contributed by atoms with Crippen molar-refractivity contribution in [2.24, 2.45) is 4.99 Å². The predicted octanol–water partition coefficient (Wildman–Crippen LogP) is 5.06. The fourth-order valence-electron chi connectivity index (χ4n) is 4.05. The summed E-state index contributed by atoms with van der Waals surface area (Å²) in [5.74, 6) is -0.334. The Bertz CT molecular complexity index is 1770. The molecule has 8 nitrogen and oxygen atoms in total. The van der Waals surface area contributed by atoms with Gasteiger partial charge in [0.05, 0.1) is 16.2 Å². The monoisotopic (exact) mass is 621 g/mol. The number of carbonyl (C=O) groups is 2. The maximum atomic E-state index is 12.6. The second kappa shape index (κ2) is 14.7. The van der Waals surface area contributed by atoms with Gasteiger partial charge >= 0.3 is 29.6 Å². The molecule has 5 rings (SSSR count). The molecule has 0 bridgehead atoms. The fourth-order valence-corrected chi connectivity index (χ4v) is 5.86. The van der Waals surface area contributed by atoms with Gasteiger partial charge in [-0.1, -0.05) is 78.4 Å². The normalized spacial score (nSPS) is 13.7. The van der Waals surface area contributed by atoms with Gasteiger partial charge in [0.25, 0.3) is 15.9 Å². The van der Waals surface area contributed by atoms with E-state index in [1.54, 1.807) is 42.5 Å². The number of benzene rings is 4. The third kappa shape index (κ3) is 8.92. The molecule has 1 heterocycles. The number of anilines is 1. The van der Waals surface area contributed by atoms with Crippen molar-refractivity contribution in [1.82, 2.24) is 4.72 Å². The van der Waals surface area contributed by atoms with Crippen LogP contribution in [0.4, 0.5) is 5.69 Å². The number of hydrogen-bond donors (Lipinski definition) is 2. The second-order valence-corrected chi connectivity index (χ2v) is 12.2. The zero-order valence-corrected chi connectivity index (χ0v) is 24.2. The van der Waals surface area contributed by atoms with E-state index in [4.69, 9.17) is 4.74 Å². The Morgan fingerprint density at radius 1 is 0.884 bits per heavy atom. The van der Waals surface area contributed by atoms with Crippen LogP contribution in [0.3, 0.4) is 0 Å². The Kier molecular flexibility index (Phi) is 11.0. The number of ether oxygens (including phenoxy) is 1. The molecule has 0 aliphatic carbocycles. The van der Waals surface area contributed by atoms with Gasteiger partial charge in [-0.3, -0.25) is 9.59 Å². The number of para-hydroxylation sites is 1. The van der Waals surface area contributed by atoms with Crippen LogP contribution in [-0.4, -0.2) is 55.0 Å². The second-order valence-electron chi connectivity index (χ2n) is 9.49. The molecule has 43 heavy (non-hydrogen) atoms. The van der Waals surface area contributed by atoms with Crippen LogP contribution in [0.5, 0.6) is 5.75 Å². The molecule has 11 heteroatoms. The molecule has 0 unspecified atom stereocenters. The summed E-state index contributed by atoms with van der Waals surface area (Å²) < 4.78 is 33.1. The van der Waals surface area contributed by atoms with E-state index in [2.05, 4.69) is 15.0 Å². The number of carbonyl (C=O) groups excluding carboxylic acids is 2. The van der Waals surface area contributed by atoms with Crippen LogP contribution >= 0.6 is 11.8 Å². The summed E-state index contributed by atoms with van der Waals surface area (Å²) in [4.78, 5) is 29.6. The molecule has 0 atom stereocenters. The number of nitrogens with zero attached hydrogens (tertiary/aromatic N) is 1. The molecule has 0 saturated carbocycles. The average molecular weight is 622 g/mol. The summed E-state index contributed by atoms with van der Waals surface area (Å²) in [5.41, 5.74) is 4.02. The fraction of sp³-hybridized carbons (Fsp3) is 0.0938. The van der Waals surface area contributed by atoms with Crippen LogP contribution in [0, 0.1) is 6.92 Å². The standard InChI is InChI=1S/C32H27N3O5S2.Na.H/c1-22-11-17-27(18-12-22)42(38,39)35-30(36)19-23-13-15-26(16-14-23)33-32-34-31(37)29(41-32)20-25-9-5-6-10-28(25)40-21-24-7-3-2-4-8-24;;/h2-18,20H,19,21H2,1H3,(H,35,36)(H,33,34,37);;. The number of aliphatic imine (C=N–C) groups is 1. The first-order chi connectivity index (χ1) is 20.2. The van der Waals surface area contributed by atoms with Gasteiger partial charge in [0.2, 0.25) is 5.91 Å². The van der Waals surface area contributed by atoms with Crippen LogP contribution in [0.1, 0.15) is 22.3 Å². The molecule has 0 radical (unpaired) electrons. The molecule has 0 aromatic heterocycles. The van der Waals surface area contributed by atoms with Gasteiger partial charge in [-0.25, -0.2) is 13.1 Å². The Morgan fingerprint density at radius 3 is 2.28 bits per heavy atom. The summed E-state index contributed by atoms with van der Waals surface area (Å²) >= 11 is 1.22. The topological polar surface area (TPSA) is 114 Å². The van der Waals surface area contributed by atoms with Gasteiger partial charge in [0.15, 0.2) is 5.17 Å². The number of amides is 2. The maximum absolute atomic E-state index is 12.6. The Labute approximate surface area is 277 Å². The van der Waals surface area contributed by atoms with E-state index in [0.29, 0.717) is 33.7 Å². The van der Waals surface area contributed by atoms with Crippen molar-refractivity contribution in [1.29, 1.82) is 0 Å². The Hall–Kier alpha value is -3.67. The summed E-state index contributed by atoms with van der Waals surface area (Å²) in [6, 6.07) is 30.5. The van der Waals surface area contributed by atoms with E-state index < -0.39 is 15.9 Å². The van der Waals surface area contributed by atoms with Gasteiger partial charge in [-0.15, -0.1) is 0 Å². The van der Waals surface area contributed by atoms with E-state index in [-0.39, 0.29) is 46.8 Å². The Balaban J connectivity index is 0.00000423. The molecule has 2 amide bonds. The van der Waals surface area contributed by atoms with Crippen LogP contribution in [-0.2, 0) is 32.6 Å². The molecular formula is C32H28N3NaO5S2. The average Bonchev–Trinajstić information content (AvgIpc) is 3.32. The quantitative estimate of drug-likeness (QED) is 0.199. The van der Waals surface area contributed by atoms with Crippen LogP contribution in [0.15, 0.2) is 118 Å². The van der Waals surface area contributed by atoms with Crippen LogP contribution in [0.2, 0.25) is 0 Å². The molecule has 4 aromatic rings. The summed E-state index contributed by atoms with van der Waals surface area (Å²) in [6.45, 7) is 2.26. The molecule has 214 valence electrons. The number of nitrogens with one attached hydrogen (secondary N) is 2. The van der Waals surface area contributed by atoms with Crippen molar-refractivity contribution >= 4 is 80.1 Å². The van der Waals surface area contributed by atoms with Crippen molar-refractivity contribution in [3.63, 3.8) is 0 Å². The van der Waals surface area contributed by atoms with Gasteiger partial charge in [-0.05, 0) is 66.2 Å². The molecule has 4 aromatic carbocycles. The first-order valence-electron chi connectivity index (χ1n) is 13.0. The molecule has 0 fully saturated rings. The molecule has 0 spiro atoms. The van der Waals surface area contributed by atoms with Gasteiger partial charge in [0, 0.05) is 11.3 Å². The third-order valence-corrected chi connectivity index (χ3v) is 8.50. The first-order valence-corrected chi connectivity index (χ1v) is 15.3. The van der Waals surface area contributed by atoms with E-state index in [9.17, 15) is 18.0 Å². The van der Waals surface area contributed by atoms with Crippen LogP contribution in [0.25, 0.3) is 6.08 Å². The van der Waals surface area contributed by atoms with Crippen molar-refractivity contribution in [3.05, 3.63) is 130 Å². The van der Waals surface area contributed by atoms with E-state index in [0.717, 1.165) is 16.7 Å². The zero-order chi connectivity index (χ0) is 29.5. The van der Waals surface area contributed by atoms with E-state index in [1.165, 1.54) is 23.9 Å². The third-order valence-electron chi connectivity index (χ3n) is 6.21. The van der Waals surface area contributed by atoms with Crippen LogP contribution < -0.4 is 14.8 Å². The number of amidine groups is 1. The van der Waals surface area contributed by atoms with Crippen molar-refractivity contribution in [3.8, 4) is 5.75 Å². The number of thioether (sulfide) groups is 1. The number of rotatable bonds is 9. The zero-order valence-electron chi connectivity index (χ0n) is 22.6. The van der Waals surface area contributed by atoms with Gasteiger partial charge in [-0.2, -0.15) is 4.99 Å². The summed E-state index contributed by atoms with van der Waals surface area (Å²) in [5, 5.41) is 3.54. The molecule has 2 N–H and O–H groups in total. The summed E-state index contributed by atoms with van der Waals surface area (Å²) in [7, 11) is -3.95. The SMILES string of the molecule is Cc1ccc(S(=O)(=O)NC(=O)Cc2ccc(NC3=NC(=O)C(=Cc4ccccc4OCc4ccccc4)S3)cc2)cc1.[NaH]. The predicted molar refractivity (Wildman–Crippen MR) is 173 cm³/mol. The molecule has 1 aliphatic rings. The molecular weight excluding hydrogens is 593 g/mol. The number of aryl methyl sites for hydroxylation is 1. The molecule has 1 aliphatic heterocycles. The van der Waals surface area contributed by atoms with E-state index >= 15 is 0 Å². The minimum absolute atomic E-state index is 0. The van der Waals surface area contributed by atoms with Gasteiger partial charge in [0.1, 0.15) is 12.4 Å². The van der Waals surface area contributed by atoms with Crippen molar-refractivity contribution in [2.45, 2.75) is 24.8 Å². The van der Waals surface area contributed by atoms with E-state index in [1.807, 2.05) is 61.5 Å². The molecule has 0 saturated heterocycles. The number of hydrogen-bond acceptors (Lipinski definition) is 7. The minimum atomic E-state index is -3.95. The van der Waals surface area contributed by atoms with Gasteiger partial charge < -0.3 is 10.1 Å².